The third kappa shape index (κ3) is 4.95. The van der Waals surface area contributed by atoms with Crippen molar-refractivity contribution in [3.8, 4) is 0 Å². The van der Waals surface area contributed by atoms with Crippen molar-refractivity contribution < 1.29 is 9.59 Å². The molecule has 0 spiro atoms. The van der Waals surface area contributed by atoms with Crippen LogP contribution in [0.5, 0.6) is 0 Å². The van der Waals surface area contributed by atoms with Gasteiger partial charge in [0.15, 0.2) is 0 Å². The summed E-state index contributed by atoms with van der Waals surface area (Å²) in [6, 6.07) is 3.47. The third-order valence-corrected chi connectivity index (χ3v) is 2.83. The van der Waals surface area contributed by atoms with Crippen molar-refractivity contribution in [3.05, 3.63) is 30.1 Å². The van der Waals surface area contributed by atoms with E-state index in [1.165, 1.54) is 0 Å². The highest BCUT2D eigenvalue weighted by atomic mass is 16.2. The van der Waals surface area contributed by atoms with E-state index in [4.69, 9.17) is 0 Å². The van der Waals surface area contributed by atoms with Gasteiger partial charge in [-0.3, -0.25) is 9.78 Å². The molecule has 1 saturated carbocycles. The summed E-state index contributed by atoms with van der Waals surface area (Å²) in [6.45, 7) is 1.33. The highest BCUT2D eigenvalue weighted by molar-refractivity contribution is 5.80. The largest absolute Gasteiger partial charge is 0.354 e. The summed E-state index contributed by atoms with van der Waals surface area (Å²) in [5.41, 5.74) is 0.944. The van der Waals surface area contributed by atoms with E-state index in [0.717, 1.165) is 18.4 Å². The molecular formula is C13H18N4O2. The van der Waals surface area contributed by atoms with Crippen molar-refractivity contribution in [1.82, 2.24) is 20.9 Å². The summed E-state index contributed by atoms with van der Waals surface area (Å²) in [4.78, 5) is 26.7. The number of nitrogens with zero attached hydrogens (tertiary/aromatic N) is 1. The summed E-state index contributed by atoms with van der Waals surface area (Å²) in [7, 11) is 0. The van der Waals surface area contributed by atoms with E-state index >= 15 is 0 Å². The molecule has 1 aliphatic rings. The second kappa shape index (κ2) is 6.72. The van der Waals surface area contributed by atoms with Gasteiger partial charge in [0, 0.05) is 37.9 Å². The minimum Gasteiger partial charge on any atom is -0.354 e. The molecule has 3 N–H and O–H groups in total. The summed E-state index contributed by atoms with van der Waals surface area (Å²) >= 11 is 0. The standard InChI is InChI=1S/C13H18N4O2/c18-12(11-3-4-11)15-6-7-16-13(19)17-9-10-2-1-5-14-8-10/h1-2,5,8,11H,3-4,6-7,9H2,(H,15,18)(H2,16,17,19). The molecule has 1 heterocycles. The topological polar surface area (TPSA) is 83.1 Å². The molecular weight excluding hydrogens is 244 g/mol. The molecule has 3 amide bonds. The van der Waals surface area contributed by atoms with Crippen LogP contribution in [0.2, 0.25) is 0 Å². The Morgan fingerprint density at radius 2 is 2.00 bits per heavy atom. The van der Waals surface area contributed by atoms with Crippen LogP contribution in [-0.2, 0) is 11.3 Å². The number of pyridine rings is 1. The fraction of sp³-hybridized carbons (Fsp3) is 0.462. The molecule has 102 valence electrons. The molecule has 6 nitrogen and oxygen atoms in total. The molecule has 0 bridgehead atoms. The molecule has 0 aliphatic heterocycles. The number of nitrogens with one attached hydrogen (secondary N) is 3. The smallest absolute Gasteiger partial charge is 0.315 e. The highest BCUT2D eigenvalue weighted by Gasteiger charge is 2.28. The Labute approximate surface area is 112 Å². The molecule has 1 aliphatic carbocycles. The normalized spacial score (nSPS) is 13.7. The Kier molecular flexibility index (Phi) is 4.72. The molecule has 0 radical (unpaired) electrons. The van der Waals surface area contributed by atoms with Gasteiger partial charge in [0.2, 0.25) is 5.91 Å². The molecule has 0 atom stereocenters. The molecule has 6 heteroatoms. The van der Waals surface area contributed by atoms with Gasteiger partial charge in [-0.25, -0.2) is 4.79 Å². The van der Waals surface area contributed by atoms with E-state index in [1.807, 2.05) is 12.1 Å². The first-order valence-corrected chi connectivity index (χ1v) is 6.44. The monoisotopic (exact) mass is 262 g/mol. The van der Waals surface area contributed by atoms with Crippen LogP contribution < -0.4 is 16.0 Å². The van der Waals surface area contributed by atoms with Gasteiger partial charge >= 0.3 is 6.03 Å². The predicted octanol–water partition coefficient (Wildman–Crippen LogP) is 0.407. The van der Waals surface area contributed by atoms with Gasteiger partial charge in [-0.15, -0.1) is 0 Å². The van der Waals surface area contributed by atoms with Crippen LogP contribution in [0.1, 0.15) is 18.4 Å². The van der Waals surface area contributed by atoms with Crippen molar-refractivity contribution in [2.24, 2.45) is 5.92 Å². The van der Waals surface area contributed by atoms with E-state index < -0.39 is 0 Å². The van der Waals surface area contributed by atoms with Crippen LogP contribution >= 0.6 is 0 Å². The zero-order chi connectivity index (χ0) is 13.5. The quantitative estimate of drug-likeness (QED) is 0.649. The number of carbonyl (C=O) groups is 2. The minimum atomic E-state index is -0.246. The average Bonchev–Trinajstić information content (AvgIpc) is 3.27. The second-order valence-corrected chi connectivity index (χ2v) is 4.54. The van der Waals surface area contributed by atoms with Crippen LogP contribution in [0.3, 0.4) is 0 Å². The van der Waals surface area contributed by atoms with Gasteiger partial charge in [-0.1, -0.05) is 6.07 Å². The first kappa shape index (κ1) is 13.3. The maximum absolute atomic E-state index is 11.5. The van der Waals surface area contributed by atoms with Crippen molar-refractivity contribution in [3.63, 3.8) is 0 Å². The number of carbonyl (C=O) groups excluding carboxylic acids is 2. The summed E-state index contributed by atoms with van der Waals surface area (Å²) in [5, 5.41) is 8.18. The van der Waals surface area contributed by atoms with Crippen LogP contribution in [0.4, 0.5) is 4.79 Å². The van der Waals surface area contributed by atoms with E-state index in [1.54, 1.807) is 12.4 Å². The van der Waals surface area contributed by atoms with Gasteiger partial charge in [0.05, 0.1) is 0 Å². The Hall–Kier alpha value is -2.11. The maximum Gasteiger partial charge on any atom is 0.315 e. The number of urea groups is 1. The highest BCUT2D eigenvalue weighted by Crippen LogP contribution is 2.28. The Morgan fingerprint density at radius 3 is 2.68 bits per heavy atom. The lowest BCUT2D eigenvalue weighted by Crippen LogP contribution is -2.40. The average molecular weight is 262 g/mol. The van der Waals surface area contributed by atoms with Crippen molar-refractivity contribution >= 4 is 11.9 Å². The second-order valence-electron chi connectivity index (χ2n) is 4.54. The molecule has 2 rings (SSSR count). The first-order chi connectivity index (χ1) is 9.25. The Bertz CT molecular complexity index is 432. The van der Waals surface area contributed by atoms with E-state index in [0.29, 0.717) is 19.6 Å². The van der Waals surface area contributed by atoms with E-state index in [9.17, 15) is 9.59 Å². The van der Waals surface area contributed by atoms with Gasteiger partial charge in [0.25, 0.3) is 0 Å². The van der Waals surface area contributed by atoms with Gasteiger partial charge in [-0.2, -0.15) is 0 Å². The molecule has 1 fully saturated rings. The molecule has 19 heavy (non-hydrogen) atoms. The van der Waals surface area contributed by atoms with Crippen LogP contribution in [0, 0.1) is 5.92 Å². The number of amides is 3. The summed E-state index contributed by atoms with van der Waals surface area (Å²) < 4.78 is 0. The first-order valence-electron chi connectivity index (χ1n) is 6.44. The summed E-state index contributed by atoms with van der Waals surface area (Å²) in [5.74, 6) is 0.303. The van der Waals surface area contributed by atoms with Crippen LogP contribution in [0.15, 0.2) is 24.5 Å². The van der Waals surface area contributed by atoms with Crippen molar-refractivity contribution in [1.29, 1.82) is 0 Å². The number of rotatable bonds is 6. The minimum absolute atomic E-state index is 0.0950. The number of hydrogen-bond acceptors (Lipinski definition) is 3. The SMILES string of the molecule is O=C(NCCNC(=O)C1CC1)NCc1cccnc1. The summed E-state index contributed by atoms with van der Waals surface area (Å²) in [6.07, 6.45) is 5.37. The molecule has 0 saturated heterocycles. The lowest BCUT2D eigenvalue weighted by atomic mass is 10.3. The molecule has 1 aromatic heterocycles. The fourth-order valence-electron chi connectivity index (χ4n) is 1.60. The lowest BCUT2D eigenvalue weighted by Gasteiger charge is -2.08. The lowest BCUT2D eigenvalue weighted by molar-refractivity contribution is -0.122. The maximum atomic E-state index is 11.5. The Balaban J connectivity index is 1.53. The van der Waals surface area contributed by atoms with Gasteiger partial charge < -0.3 is 16.0 Å². The van der Waals surface area contributed by atoms with Gasteiger partial charge in [0.1, 0.15) is 0 Å². The molecule has 0 aromatic carbocycles. The molecule has 1 aromatic rings. The van der Waals surface area contributed by atoms with Crippen molar-refractivity contribution in [2.75, 3.05) is 13.1 Å². The van der Waals surface area contributed by atoms with Crippen LogP contribution in [-0.4, -0.2) is 30.0 Å². The van der Waals surface area contributed by atoms with E-state index in [-0.39, 0.29) is 17.9 Å². The number of hydrogen-bond donors (Lipinski definition) is 3. The zero-order valence-corrected chi connectivity index (χ0v) is 10.7. The fourth-order valence-corrected chi connectivity index (χ4v) is 1.60. The van der Waals surface area contributed by atoms with Gasteiger partial charge in [-0.05, 0) is 24.5 Å². The molecule has 0 unspecified atom stereocenters. The Morgan fingerprint density at radius 1 is 1.21 bits per heavy atom. The van der Waals surface area contributed by atoms with Crippen molar-refractivity contribution in [2.45, 2.75) is 19.4 Å². The predicted molar refractivity (Wildman–Crippen MR) is 70.2 cm³/mol. The third-order valence-electron chi connectivity index (χ3n) is 2.83. The number of aromatic nitrogens is 1. The zero-order valence-electron chi connectivity index (χ0n) is 10.7. The van der Waals surface area contributed by atoms with Crippen LogP contribution in [0.25, 0.3) is 0 Å². The van der Waals surface area contributed by atoms with E-state index in [2.05, 4.69) is 20.9 Å².